The van der Waals surface area contributed by atoms with Crippen LogP contribution in [0.3, 0.4) is 0 Å². The van der Waals surface area contributed by atoms with Crippen molar-refractivity contribution < 1.29 is 22.7 Å². The van der Waals surface area contributed by atoms with Crippen LogP contribution < -0.4 is 0 Å². The third-order valence-electron chi connectivity index (χ3n) is 4.05. The SMILES string of the molecule is CCOC(=O)CSc1nnc(CSc2nc(C)cc(C)n2)n1-c1cccc(C(F)(F)F)c1. The van der Waals surface area contributed by atoms with Crippen LogP contribution in [0.5, 0.6) is 0 Å². The van der Waals surface area contributed by atoms with Gasteiger partial charge in [-0.3, -0.25) is 9.36 Å². The van der Waals surface area contributed by atoms with Gasteiger partial charge in [-0.15, -0.1) is 10.2 Å². The number of carbonyl (C=O) groups excluding carboxylic acids is 1. The van der Waals surface area contributed by atoms with E-state index in [4.69, 9.17) is 4.74 Å². The van der Waals surface area contributed by atoms with Gasteiger partial charge in [0.05, 0.1) is 29.4 Å². The number of thioether (sulfide) groups is 2. The number of hydrogen-bond acceptors (Lipinski definition) is 8. The highest BCUT2D eigenvalue weighted by molar-refractivity contribution is 7.99. The highest BCUT2D eigenvalue weighted by Gasteiger charge is 2.31. The van der Waals surface area contributed by atoms with E-state index in [9.17, 15) is 18.0 Å². The molecule has 170 valence electrons. The molecule has 7 nitrogen and oxygen atoms in total. The van der Waals surface area contributed by atoms with Gasteiger partial charge in [-0.2, -0.15) is 13.2 Å². The number of ether oxygens (including phenoxy) is 1. The first-order valence-electron chi connectivity index (χ1n) is 9.52. The Morgan fingerprint density at radius 2 is 1.81 bits per heavy atom. The van der Waals surface area contributed by atoms with Gasteiger partial charge in [-0.1, -0.05) is 29.6 Å². The highest BCUT2D eigenvalue weighted by Crippen LogP contribution is 2.32. The first kappa shape index (κ1) is 24.1. The van der Waals surface area contributed by atoms with E-state index in [1.54, 1.807) is 6.92 Å². The van der Waals surface area contributed by atoms with Gasteiger partial charge in [0.1, 0.15) is 5.82 Å². The first-order chi connectivity index (χ1) is 15.2. The zero-order valence-corrected chi connectivity index (χ0v) is 19.1. The van der Waals surface area contributed by atoms with Crippen molar-refractivity contribution in [1.29, 1.82) is 0 Å². The van der Waals surface area contributed by atoms with Gasteiger partial charge in [-0.25, -0.2) is 9.97 Å². The molecule has 2 aromatic heterocycles. The number of esters is 1. The van der Waals surface area contributed by atoms with Crippen LogP contribution in [0.4, 0.5) is 13.2 Å². The van der Waals surface area contributed by atoms with Crippen LogP contribution in [-0.4, -0.2) is 43.1 Å². The van der Waals surface area contributed by atoms with Gasteiger partial charge in [0.2, 0.25) is 0 Å². The zero-order chi connectivity index (χ0) is 23.3. The van der Waals surface area contributed by atoms with E-state index in [1.807, 2.05) is 19.9 Å². The van der Waals surface area contributed by atoms with Crippen molar-refractivity contribution in [3.63, 3.8) is 0 Å². The second kappa shape index (κ2) is 10.3. The molecule has 2 heterocycles. The Labute approximate surface area is 191 Å². The number of aromatic nitrogens is 5. The minimum absolute atomic E-state index is 0.0434. The van der Waals surface area contributed by atoms with Gasteiger partial charge in [0, 0.05) is 11.4 Å². The summed E-state index contributed by atoms with van der Waals surface area (Å²) in [6.07, 6.45) is -4.50. The molecule has 3 aromatic rings. The molecule has 0 fully saturated rings. The smallest absolute Gasteiger partial charge is 0.416 e. The van der Waals surface area contributed by atoms with Crippen LogP contribution in [0.25, 0.3) is 5.69 Å². The molecular weight excluding hydrogens is 463 g/mol. The van der Waals surface area contributed by atoms with Gasteiger partial charge < -0.3 is 4.74 Å². The first-order valence-corrected chi connectivity index (χ1v) is 11.5. The standard InChI is InChI=1S/C20H20F3N5O2S2/c1-4-30-17(29)11-32-19-27-26-16(10-31-18-24-12(2)8-13(3)25-18)28(19)15-7-5-6-14(9-15)20(21,22)23/h5-9H,4,10-11H2,1-3H3. The monoisotopic (exact) mass is 483 g/mol. The largest absolute Gasteiger partial charge is 0.465 e. The van der Waals surface area contributed by atoms with Gasteiger partial charge in [-0.05, 0) is 45.0 Å². The molecule has 12 heteroatoms. The average molecular weight is 484 g/mol. The lowest BCUT2D eigenvalue weighted by Crippen LogP contribution is -2.10. The highest BCUT2D eigenvalue weighted by atomic mass is 32.2. The molecule has 0 aliphatic rings. The van der Waals surface area contributed by atoms with Crippen molar-refractivity contribution in [2.75, 3.05) is 12.4 Å². The molecule has 0 spiro atoms. The van der Waals surface area contributed by atoms with Crippen molar-refractivity contribution in [2.45, 2.75) is 43.0 Å². The Kier molecular flexibility index (Phi) is 7.77. The lowest BCUT2D eigenvalue weighted by Gasteiger charge is -2.13. The fraction of sp³-hybridized carbons (Fsp3) is 0.350. The van der Waals surface area contributed by atoms with E-state index in [1.165, 1.54) is 28.5 Å². The molecule has 0 amide bonds. The Morgan fingerprint density at radius 1 is 1.09 bits per heavy atom. The van der Waals surface area contributed by atoms with Crippen LogP contribution in [-0.2, 0) is 21.5 Å². The summed E-state index contributed by atoms with van der Waals surface area (Å²) in [5.74, 6) is 0.184. The van der Waals surface area contributed by atoms with Crippen molar-refractivity contribution in [1.82, 2.24) is 24.7 Å². The summed E-state index contributed by atoms with van der Waals surface area (Å²) in [6, 6.07) is 6.73. The van der Waals surface area contributed by atoms with Crippen LogP contribution in [0.1, 0.15) is 29.7 Å². The number of aryl methyl sites for hydroxylation is 2. The van der Waals surface area contributed by atoms with E-state index >= 15 is 0 Å². The summed E-state index contributed by atoms with van der Waals surface area (Å²) < 4.78 is 46.2. The minimum Gasteiger partial charge on any atom is -0.465 e. The van der Waals surface area contributed by atoms with Crippen LogP contribution in [0.2, 0.25) is 0 Å². The average Bonchev–Trinajstić information content (AvgIpc) is 3.12. The molecule has 0 saturated carbocycles. The maximum Gasteiger partial charge on any atom is 0.416 e. The lowest BCUT2D eigenvalue weighted by atomic mass is 10.2. The molecule has 0 aliphatic carbocycles. The molecule has 0 radical (unpaired) electrons. The molecule has 0 unspecified atom stereocenters. The number of nitrogens with zero attached hydrogens (tertiary/aromatic N) is 5. The van der Waals surface area contributed by atoms with Crippen molar-refractivity contribution >= 4 is 29.5 Å². The van der Waals surface area contributed by atoms with E-state index in [2.05, 4.69) is 20.2 Å². The summed E-state index contributed by atoms with van der Waals surface area (Å²) in [6.45, 7) is 5.64. The molecule has 3 rings (SSSR count). The van der Waals surface area contributed by atoms with Crippen molar-refractivity contribution in [3.8, 4) is 5.69 Å². The summed E-state index contributed by atoms with van der Waals surface area (Å²) in [7, 11) is 0. The topological polar surface area (TPSA) is 82.8 Å². The van der Waals surface area contributed by atoms with Crippen LogP contribution in [0, 0.1) is 13.8 Å². The van der Waals surface area contributed by atoms with Gasteiger partial charge in [0.15, 0.2) is 10.3 Å². The number of alkyl halides is 3. The Morgan fingerprint density at radius 3 is 2.47 bits per heavy atom. The van der Waals surface area contributed by atoms with Gasteiger partial charge in [0.25, 0.3) is 0 Å². The number of halogens is 3. The Hall–Kier alpha value is -2.60. The number of carbonyl (C=O) groups is 1. The predicted molar refractivity (Wildman–Crippen MR) is 115 cm³/mol. The summed E-state index contributed by atoms with van der Waals surface area (Å²) in [5.41, 5.74) is 1.07. The predicted octanol–water partition coefficient (Wildman–Crippen LogP) is 4.64. The van der Waals surface area contributed by atoms with E-state index in [-0.39, 0.29) is 29.0 Å². The second-order valence-corrected chi connectivity index (χ2v) is 8.48. The van der Waals surface area contributed by atoms with E-state index in [0.29, 0.717) is 11.0 Å². The van der Waals surface area contributed by atoms with Crippen molar-refractivity contribution in [3.05, 3.63) is 53.1 Å². The van der Waals surface area contributed by atoms with Crippen LogP contribution >= 0.6 is 23.5 Å². The Bertz CT molecular complexity index is 1080. The zero-order valence-electron chi connectivity index (χ0n) is 17.5. The van der Waals surface area contributed by atoms with Gasteiger partial charge >= 0.3 is 12.1 Å². The fourth-order valence-corrected chi connectivity index (χ4v) is 4.41. The second-order valence-electron chi connectivity index (χ2n) is 6.60. The molecule has 0 atom stereocenters. The Balaban J connectivity index is 1.93. The minimum atomic E-state index is -4.50. The third kappa shape index (κ3) is 6.22. The molecule has 32 heavy (non-hydrogen) atoms. The third-order valence-corrected chi connectivity index (χ3v) is 5.79. The molecular formula is C20H20F3N5O2S2. The molecule has 0 saturated heterocycles. The normalized spacial score (nSPS) is 11.6. The quantitative estimate of drug-likeness (QED) is 0.260. The lowest BCUT2D eigenvalue weighted by molar-refractivity contribution is -0.140. The molecule has 1 aromatic carbocycles. The maximum absolute atomic E-state index is 13.3. The molecule has 0 aliphatic heterocycles. The summed E-state index contributed by atoms with van der Waals surface area (Å²) >= 11 is 2.34. The molecule has 0 bridgehead atoms. The molecule has 0 N–H and O–H groups in total. The maximum atomic E-state index is 13.3. The number of hydrogen-bond donors (Lipinski definition) is 0. The van der Waals surface area contributed by atoms with Crippen molar-refractivity contribution in [2.24, 2.45) is 0 Å². The number of benzene rings is 1. The summed E-state index contributed by atoms with van der Waals surface area (Å²) in [5, 5.41) is 9.06. The van der Waals surface area contributed by atoms with E-state index < -0.39 is 17.7 Å². The van der Waals surface area contributed by atoms with Crippen LogP contribution in [0.15, 0.2) is 40.6 Å². The summed E-state index contributed by atoms with van der Waals surface area (Å²) in [4.78, 5) is 20.5. The van der Waals surface area contributed by atoms with E-state index in [0.717, 1.165) is 35.3 Å². The number of rotatable bonds is 8. The fourth-order valence-electron chi connectivity index (χ4n) is 2.78.